The van der Waals surface area contributed by atoms with Crippen molar-refractivity contribution in [2.24, 2.45) is 0 Å². The summed E-state index contributed by atoms with van der Waals surface area (Å²) in [5.41, 5.74) is 3.49. The van der Waals surface area contributed by atoms with Crippen LogP contribution in [0.5, 0.6) is 0 Å². The smallest absolute Gasteiger partial charge is 0.107 e. The number of piperidine rings is 1. The lowest BCUT2D eigenvalue weighted by atomic mass is 9.73. The lowest BCUT2D eigenvalue weighted by Crippen LogP contribution is -2.42. The Labute approximate surface area is 159 Å². The van der Waals surface area contributed by atoms with Crippen LogP contribution in [-0.4, -0.2) is 42.2 Å². The first kappa shape index (κ1) is 16.9. The van der Waals surface area contributed by atoms with E-state index in [0.717, 1.165) is 26.2 Å². The summed E-state index contributed by atoms with van der Waals surface area (Å²) in [7, 11) is 0. The highest BCUT2D eigenvalue weighted by molar-refractivity contribution is 7.09. The van der Waals surface area contributed by atoms with Crippen molar-refractivity contribution in [3.8, 4) is 0 Å². The highest BCUT2D eigenvalue weighted by Crippen LogP contribution is 2.51. The van der Waals surface area contributed by atoms with Crippen molar-refractivity contribution in [3.05, 3.63) is 52.0 Å². The van der Waals surface area contributed by atoms with Crippen molar-refractivity contribution in [2.75, 3.05) is 26.3 Å². The molecule has 1 spiro atoms. The summed E-state index contributed by atoms with van der Waals surface area (Å²) < 4.78 is 5.58. The number of hydrogen-bond acceptors (Lipinski definition) is 5. The molecule has 0 bridgehead atoms. The van der Waals surface area contributed by atoms with E-state index >= 15 is 0 Å². The molecule has 2 aliphatic heterocycles. The highest BCUT2D eigenvalue weighted by Gasteiger charge is 2.45. The van der Waals surface area contributed by atoms with E-state index in [1.807, 2.05) is 6.20 Å². The van der Waals surface area contributed by atoms with Gasteiger partial charge in [-0.3, -0.25) is 4.90 Å². The Morgan fingerprint density at radius 1 is 1.27 bits per heavy atom. The fourth-order valence-corrected chi connectivity index (χ4v) is 5.79. The lowest BCUT2D eigenvalue weighted by molar-refractivity contribution is 0.144. The Bertz CT molecular complexity index is 733. The number of rotatable bonds is 4. The molecule has 0 saturated carbocycles. The predicted molar refractivity (Wildman–Crippen MR) is 104 cm³/mol. The fraction of sp³-hybridized carbons (Fsp3) is 0.571. The third-order valence-corrected chi connectivity index (χ3v) is 7.29. The van der Waals surface area contributed by atoms with Crippen LogP contribution in [-0.2, 0) is 16.7 Å². The van der Waals surface area contributed by atoms with Gasteiger partial charge in [0.25, 0.3) is 0 Å². The number of aromatic nitrogens is 1. The Morgan fingerprint density at radius 3 is 2.92 bits per heavy atom. The van der Waals surface area contributed by atoms with Crippen molar-refractivity contribution in [1.29, 1.82) is 0 Å². The summed E-state index contributed by atoms with van der Waals surface area (Å²) in [4.78, 5) is 7.04. The molecule has 138 valence electrons. The first-order chi connectivity index (χ1) is 12.8. The van der Waals surface area contributed by atoms with Crippen LogP contribution in [0.3, 0.4) is 0 Å². The van der Waals surface area contributed by atoms with Gasteiger partial charge in [-0.25, -0.2) is 4.98 Å². The van der Waals surface area contributed by atoms with Gasteiger partial charge in [0.05, 0.1) is 13.2 Å². The van der Waals surface area contributed by atoms with Crippen LogP contribution in [0.4, 0.5) is 0 Å². The van der Waals surface area contributed by atoms with Crippen LogP contribution in [0.15, 0.2) is 35.8 Å². The molecule has 26 heavy (non-hydrogen) atoms. The molecular weight excluding hydrogens is 342 g/mol. The Hall–Kier alpha value is -1.27. The molecule has 0 radical (unpaired) electrons. The first-order valence-electron chi connectivity index (χ1n) is 9.86. The van der Waals surface area contributed by atoms with Gasteiger partial charge in [-0.05, 0) is 55.3 Å². The number of benzene rings is 1. The molecule has 4 nitrogen and oxygen atoms in total. The third kappa shape index (κ3) is 3.11. The van der Waals surface area contributed by atoms with Crippen molar-refractivity contribution in [2.45, 2.75) is 49.7 Å². The van der Waals surface area contributed by atoms with Gasteiger partial charge in [0, 0.05) is 30.3 Å². The SMILES string of the molecule is c1ccc2c(c1)[C@@H](N[C@@H]1CCOC1)CC21CCN(Cc2nccs2)CC1. The molecule has 3 heterocycles. The van der Waals surface area contributed by atoms with Crippen LogP contribution >= 0.6 is 11.3 Å². The first-order valence-corrected chi connectivity index (χ1v) is 10.7. The Balaban J connectivity index is 1.31. The van der Waals surface area contributed by atoms with E-state index in [1.54, 1.807) is 16.9 Å². The molecule has 2 aromatic rings. The maximum absolute atomic E-state index is 5.58. The summed E-state index contributed by atoms with van der Waals surface area (Å²) in [5, 5.41) is 7.23. The topological polar surface area (TPSA) is 37.4 Å². The molecule has 1 aliphatic carbocycles. The number of nitrogens with one attached hydrogen (secondary N) is 1. The molecule has 1 N–H and O–H groups in total. The van der Waals surface area contributed by atoms with Gasteiger partial charge in [0.2, 0.25) is 0 Å². The van der Waals surface area contributed by atoms with Crippen molar-refractivity contribution >= 4 is 11.3 Å². The average Bonchev–Trinajstić information content (AvgIpc) is 3.41. The second kappa shape index (κ2) is 7.04. The van der Waals surface area contributed by atoms with Gasteiger partial charge in [0.1, 0.15) is 5.01 Å². The molecule has 3 aliphatic rings. The maximum Gasteiger partial charge on any atom is 0.107 e. The zero-order valence-electron chi connectivity index (χ0n) is 15.2. The van der Waals surface area contributed by atoms with Crippen LogP contribution in [0, 0.1) is 0 Å². The lowest BCUT2D eigenvalue weighted by Gasteiger charge is -2.40. The van der Waals surface area contributed by atoms with Gasteiger partial charge in [-0.2, -0.15) is 0 Å². The summed E-state index contributed by atoms with van der Waals surface area (Å²) in [6, 6.07) is 10.2. The van der Waals surface area contributed by atoms with E-state index in [1.165, 1.54) is 42.9 Å². The van der Waals surface area contributed by atoms with E-state index in [2.05, 4.69) is 44.8 Å². The number of nitrogens with zero attached hydrogens (tertiary/aromatic N) is 2. The summed E-state index contributed by atoms with van der Waals surface area (Å²) in [5.74, 6) is 0. The zero-order chi connectivity index (χ0) is 17.4. The van der Waals surface area contributed by atoms with Gasteiger partial charge < -0.3 is 10.1 Å². The number of likely N-dealkylation sites (tertiary alicyclic amines) is 1. The van der Waals surface area contributed by atoms with Gasteiger partial charge in [-0.15, -0.1) is 11.3 Å². The zero-order valence-corrected chi connectivity index (χ0v) is 16.0. The Kier molecular flexibility index (Phi) is 4.57. The molecule has 0 amide bonds. The van der Waals surface area contributed by atoms with E-state index in [-0.39, 0.29) is 0 Å². The molecule has 5 rings (SSSR count). The number of ether oxygens (including phenoxy) is 1. The third-order valence-electron chi connectivity index (χ3n) is 6.52. The minimum Gasteiger partial charge on any atom is -0.380 e. The predicted octanol–water partition coefficient (Wildman–Crippen LogP) is 3.50. The average molecular weight is 370 g/mol. The molecule has 2 atom stereocenters. The fourth-order valence-electron chi connectivity index (χ4n) is 5.13. The summed E-state index contributed by atoms with van der Waals surface area (Å²) in [6.07, 6.45) is 6.83. The number of hydrogen-bond donors (Lipinski definition) is 1. The quantitative estimate of drug-likeness (QED) is 0.895. The van der Waals surface area contributed by atoms with E-state index < -0.39 is 0 Å². The number of thiazole rings is 1. The minimum absolute atomic E-state index is 0.354. The molecule has 5 heteroatoms. The van der Waals surface area contributed by atoms with Crippen molar-refractivity contribution < 1.29 is 4.74 Å². The van der Waals surface area contributed by atoms with Gasteiger partial charge in [-0.1, -0.05) is 24.3 Å². The maximum atomic E-state index is 5.58. The van der Waals surface area contributed by atoms with Crippen molar-refractivity contribution in [3.63, 3.8) is 0 Å². The normalized spacial score (nSPS) is 27.8. The van der Waals surface area contributed by atoms with Crippen LogP contribution in [0.25, 0.3) is 0 Å². The molecule has 2 saturated heterocycles. The molecule has 1 aromatic carbocycles. The minimum atomic E-state index is 0.354. The number of fused-ring (bicyclic) bond motifs is 2. The summed E-state index contributed by atoms with van der Waals surface area (Å²) >= 11 is 1.77. The monoisotopic (exact) mass is 369 g/mol. The van der Waals surface area contributed by atoms with Gasteiger partial charge in [0.15, 0.2) is 0 Å². The summed E-state index contributed by atoms with van der Waals surface area (Å²) in [6.45, 7) is 5.13. The van der Waals surface area contributed by atoms with E-state index in [9.17, 15) is 0 Å². The van der Waals surface area contributed by atoms with E-state index in [4.69, 9.17) is 4.74 Å². The van der Waals surface area contributed by atoms with E-state index in [0.29, 0.717) is 17.5 Å². The van der Waals surface area contributed by atoms with Gasteiger partial charge >= 0.3 is 0 Å². The highest BCUT2D eigenvalue weighted by atomic mass is 32.1. The second-order valence-electron chi connectivity index (χ2n) is 8.05. The van der Waals surface area contributed by atoms with Crippen LogP contribution in [0.2, 0.25) is 0 Å². The molecule has 0 unspecified atom stereocenters. The Morgan fingerprint density at radius 2 is 2.15 bits per heavy atom. The molecular formula is C21H27N3OS. The second-order valence-corrected chi connectivity index (χ2v) is 9.03. The van der Waals surface area contributed by atoms with Crippen LogP contribution < -0.4 is 5.32 Å². The molecule has 2 fully saturated rings. The molecule has 1 aromatic heterocycles. The standard InChI is InChI=1S/C21H27N3OS/c1-2-4-18-17(3-1)19(23-16-5-11-25-15-16)13-21(18)6-9-24(10-7-21)14-20-22-8-12-26-20/h1-4,8,12,16,19,23H,5-7,9-11,13-15H2/t16-,19+/m1/s1. The largest absolute Gasteiger partial charge is 0.380 e. The van der Waals surface area contributed by atoms with Crippen molar-refractivity contribution in [1.82, 2.24) is 15.2 Å². The van der Waals surface area contributed by atoms with Crippen LogP contribution in [0.1, 0.15) is 47.9 Å².